The van der Waals surface area contributed by atoms with Gasteiger partial charge in [0.25, 0.3) is 0 Å². The third-order valence-electron chi connectivity index (χ3n) is 2.90. The summed E-state index contributed by atoms with van der Waals surface area (Å²) >= 11 is 0. The lowest BCUT2D eigenvalue weighted by molar-refractivity contribution is -0.0123. The quantitative estimate of drug-likeness (QED) is 0.699. The van der Waals surface area contributed by atoms with Gasteiger partial charge in [0.15, 0.2) is 0 Å². The van der Waals surface area contributed by atoms with Gasteiger partial charge in [0.05, 0.1) is 12.3 Å². The third kappa shape index (κ3) is 4.00. The van der Waals surface area contributed by atoms with Crippen molar-refractivity contribution in [2.24, 2.45) is 0 Å². The van der Waals surface area contributed by atoms with Crippen LogP contribution in [0.3, 0.4) is 0 Å². The molecule has 0 aliphatic carbocycles. The van der Waals surface area contributed by atoms with E-state index in [9.17, 15) is 4.39 Å². The van der Waals surface area contributed by atoms with E-state index >= 15 is 0 Å². The minimum atomic E-state index is -0.329. The molecule has 0 saturated heterocycles. The van der Waals surface area contributed by atoms with Gasteiger partial charge in [-0.2, -0.15) is 0 Å². The topological polar surface area (TPSA) is 9.23 Å². The van der Waals surface area contributed by atoms with Crippen molar-refractivity contribution in [3.05, 3.63) is 35.9 Å². The molecule has 1 atom stereocenters. The minimum Gasteiger partial charge on any atom is -0.378 e. The second-order valence-corrected chi connectivity index (χ2v) is 4.08. The van der Waals surface area contributed by atoms with Crippen molar-refractivity contribution in [3.63, 3.8) is 0 Å². The normalized spacial score (nSPS) is 14.9. The molecule has 0 aliphatic heterocycles. The first-order chi connectivity index (χ1) is 7.20. The Kier molecular flexibility index (Phi) is 4.76. The van der Waals surface area contributed by atoms with Crippen molar-refractivity contribution >= 4 is 0 Å². The molecule has 15 heavy (non-hydrogen) atoms. The molecule has 1 nitrogen and oxygen atoms in total. The summed E-state index contributed by atoms with van der Waals surface area (Å²) in [6.45, 7) is 1.65. The fraction of sp³-hybridized carbons (Fsp3) is 0.538. The standard InChI is InChI=1S/C13H19FO/c1-13(15-2,10-11-14)9-8-12-6-4-3-5-7-12/h3-7H,8-11H2,1-2H3. The molecule has 0 radical (unpaired) electrons. The van der Waals surface area contributed by atoms with Gasteiger partial charge in [-0.05, 0) is 25.3 Å². The monoisotopic (exact) mass is 210 g/mol. The van der Waals surface area contributed by atoms with Crippen LogP contribution in [0, 0.1) is 0 Å². The van der Waals surface area contributed by atoms with Gasteiger partial charge in [0.2, 0.25) is 0 Å². The number of halogens is 1. The second kappa shape index (κ2) is 5.86. The van der Waals surface area contributed by atoms with Crippen molar-refractivity contribution in [2.45, 2.75) is 31.8 Å². The maximum atomic E-state index is 12.3. The molecule has 0 bridgehead atoms. The number of ether oxygens (including phenoxy) is 1. The van der Waals surface area contributed by atoms with Crippen LogP contribution in [0.1, 0.15) is 25.3 Å². The number of alkyl halides is 1. The molecule has 84 valence electrons. The van der Waals surface area contributed by atoms with Crippen LogP contribution in [0.5, 0.6) is 0 Å². The molecular formula is C13H19FO. The van der Waals surface area contributed by atoms with E-state index in [4.69, 9.17) is 4.74 Å². The molecule has 1 aromatic rings. The zero-order chi connectivity index (χ0) is 11.1. The van der Waals surface area contributed by atoms with Crippen molar-refractivity contribution in [1.29, 1.82) is 0 Å². The van der Waals surface area contributed by atoms with Crippen molar-refractivity contribution in [3.8, 4) is 0 Å². The lowest BCUT2D eigenvalue weighted by Gasteiger charge is -2.27. The fourth-order valence-electron chi connectivity index (χ4n) is 1.58. The molecular weight excluding hydrogens is 191 g/mol. The molecule has 0 N–H and O–H groups in total. The van der Waals surface area contributed by atoms with Crippen LogP contribution in [0.25, 0.3) is 0 Å². The Labute approximate surface area is 91.3 Å². The fourth-order valence-corrected chi connectivity index (χ4v) is 1.58. The summed E-state index contributed by atoms with van der Waals surface area (Å²) in [7, 11) is 1.65. The SMILES string of the molecule is COC(C)(CCF)CCc1ccccc1. The Bertz CT molecular complexity index is 273. The van der Waals surface area contributed by atoms with Gasteiger partial charge in [-0.15, -0.1) is 0 Å². The molecule has 0 spiro atoms. The highest BCUT2D eigenvalue weighted by Gasteiger charge is 2.22. The summed E-state index contributed by atoms with van der Waals surface area (Å²) in [5, 5.41) is 0. The molecule has 0 amide bonds. The molecule has 0 aromatic heterocycles. The minimum absolute atomic E-state index is 0.320. The predicted octanol–water partition coefficient (Wildman–Crippen LogP) is 3.38. The van der Waals surface area contributed by atoms with E-state index < -0.39 is 0 Å². The smallest absolute Gasteiger partial charge is 0.0921 e. The highest BCUT2D eigenvalue weighted by molar-refractivity contribution is 5.15. The first kappa shape index (κ1) is 12.2. The van der Waals surface area contributed by atoms with E-state index in [1.54, 1.807) is 7.11 Å². The van der Waals surface area contributed by atoms with Gasteiger partial charge < -0.3 is 4.74 Å². The molecule has 0 heterocycles. The number of methoxy groups -OCH3 is 1. The maximum Gasteiger partial charge on any atom is 0.0921 e. The summed E-state index contributed by atoms with van der Waals surface area (Å²) < 4.78 is 17.7. The number of hydrogen-bond acceptors (Lipinski definition) is 1. The first-order valence-corrected chi connectivity index (χ1v) is 5.35. The summed E-state index contributed by atoms with van der Waals surface area (Å²) in [4.78, 5) is 0. The van der Waals surface area contributed by atoms with Gasteiger partial charge >= 0.3 is 0 Å². The van der Waals surface area contributed by atoms with Crippen LogP contribution in [-0.4, -0.2) is 19.4 Å². The average molecular weight is 210 g/mol. The zero-order valence-electron chi connectivity index (χ0n) is 9.50. The van der Waals surface area contributed by atoms with E-state index in [2.05, 4.69) is 12.1 Å². The van der Waals surface area contributed by atoms with Crippen molar-refractivity contribution < 1.29 is 9.13 Å². The van der Waals surface area contributed by atoms with Gasteiger partial charge in [0, 0.05) is 13.5 Å². The van der Waals surface area contributed by atoms with Gasteiger partial charge in [-0.25, -0.2) is 0 Å². The van der Waals surface area contributed by atoms with Crippen LogP contribution in [0.2, 0.25) is 0 Å². The number of benzene rings is 1. The number of rotatable bonds is 6. The highest BCUT2D eigenvalue weighted by atomic mass is 19.1. The van der Waals surface area contributed by atoms with Crippen LogP contribution >= 0.6 is 0 Å². The summed E-state index contributed by atoms with van der Waals surface area (Å²) in [6.07, 6.45) is 2.26. The number of aryl methyl sites for hydroxylation is 1. The summed E-state index contributed by atoms with van der Waals surface area (Å²) in [6, 6.07) is 10.2. The lowest BCUT2D eigenvalue weighted by Crippen LogP contribution is -2.28. The number of hydrogen-bond donors (Lipinski definition) is 0. The second-order valence-electron chi connectivity index (χ2n) is 4.08. The van der Waals surface area contributed by atoms with E-state index in [-0.39, 0.29) is 12.3 Å². The Hall–Kier alpha value is -0.890. The Morgan fingerprint density at radius 2 is 1.87 bits per heavy atom. The molecule has 2 heteroatoms. The van der Waals surface area contributed by atoms with E-state index in [0.29, 0.717) is 6.42 Å². The molecule has 0 aliphatic rings. The molecule has 1 rings (SSSR count). The Morgan fingerprint density at radius 3 is 2.40 bits per heavy atom. The lowest BCUT2D eigenvalue weighted by atomic mass is 9.94. The van der Waals surface area contributed by atoms with E-state index in [0.717, 1.165) is 12.8 Å². The van der Waals surface area contributed by atoms with Crippen LogP contribution in [0.15, 0.2) is 30.3 Å². The molecule has 0 saturated carbocycles. The summed E-state index contributed by atoms with van der Waals surface area (Å²) in [5.74, 6) is 0. The van der Waals surface area contributed by atoms with E-state index in [1.165, 1.54) is 5.56 Å². The van der Waals surface area contributed by atoms with Crippen LogP contribution in [-0.2, 0) is 11.2 Å². The highest BCUT2D eigenvalue weighted by Crippen LogP contribution is 2.21. The van der Waals surface area contributed by atoms with Gasteiger partial charge in [-0.3, -0.25) is 4.39 Å². The summed E-state index contributed by atoms with van der Waals surface area (Å²) in [5.41, 5.74) is 0.949. The van der Waals surface area contributed by atoms with Crippen molar-refractivity contribution in [1.82, 2.24) is 0 Å². The molecule has 1 aromatic carbocycles. The largest absolute Gasteiger partial charge is 0.378 e. The van der Waals surface area contributed by atoms with Gasteiger partial charge in [-0.1, -0.05) is 30.3 Å². The molecule has 1 unspecified atom stereocenters. The first-order valence-electron chi connectivity index (χ1n) is 5.35. The molecule has 0 fully saturated rings. The Morgan fingerprint density at radius 1 is 1.20 bits per heavy atom. The third-order valence-corrected chi connectivity index (χ3v) is 2.90. The van der Waals surface area contributed by atoms with E-state index in [1.807, 2.05) is 25.1 Å². The van der Waals surface area contributed by atoms with Gasteiger partial charge in [0.1, 0.15) is 0 Å². The van der Waals surface area contributed by atoms with Crippen LogP contribution < -0.4 is 0 Å². The maximum absolute atomic E-state index is 12.3. The average Bonchev–Trinajstić information content (AvgIpc) is 2.28. The Balaban J connectivity index is 2.47. The zero-order valence-corrected chi connectivity index (χ0v) is 9.50. The predicted molar refractivity (Wildman–Crippen MR) is 60.8 cm³/mol. The van der Waals surface area contributed by atoms with Crippen molar-refractivity contribution in [2.75, 3.05) is 13.8 Å². The van der Waals surface area contributed by atoms with Crippen LogP contribution in [0.4, 0.5) is 4.39 Å².